The van der Waals surface area contributed by atoms with Crippen LogP contribution in [0, 0.1) is 5.82 Å². The first kappa shape index (κ1) is 23.5. The van der Waals surface area contributed by atoms with Crippen molar-refractivity contribution in [1.29, 1.82) is 0 Å². The number of aliphatic hydroxyl groups excluding tert-OH is 1. The van der Waals surface area contributed by atoms with E-state index in [1.165, 1.54) is 6.20 Å². The number of pyridine rings is 3. The van der Waals surface area contributed by atoms with E-state index >= 15 is 4.39 Å². The summed E-state index contributed by atoms with van der Waals surface area (Å²) < 4.78 is 26.4. The zero-order valence-electron chi connectivity index (χ0n) is 20.1. The number of benzene rings is 1. The summed E-state index contributed by atoms with van der Waals surface area (Å²) in [4.78, 5) is 18.4. The fourth-order valence-electron chi connectivity index (χ4n) is 4.73. The number of ether oxygens (including phenoxy) is 2. The van der Waals surface area contributed by atoms with Gasteiger partial charge in [-0.25, -0.2) is 9.37 Å². The lowest BCUT2D eigenvalue weighted by Crippen LogP contribution is -2.42. The summed E-state index contributed by atoms with van der Waals surface area (Å²) in [6, 6.07) is 13.0. The average Bonchev–Trinajstić information content (AvgIpc) is 3.31. The normalized spacial score (nSPS) is 15.3. The van der Waals surface area contributed by atoms with Crippen LogP contribution in [-0.4, -0.2) is 75.5 Å². The Bertz CT molecular complexity index is 1520. The first-order valence-electron chi connectivity index (χ1n) is 12.2. The smallest absolute Gasteiger partial charge is 0.150 e. The molecule has 0 bridgehead atoms. The minimum absolute atomic E-state index is 0.178. The molecule has 0 aliphatic carbocycles. The number of β-amino-alcohol motifs (C(OH)–C–C–N with tert-alkyl or cyclic N) is 1. The maximum absolute atomic E-state index is 15.2. The molecule has 1 aliphatic heterocycles. The lowest BCUT2D eigenvalue weighted by Gasteiger charge is -2.28. The maximum atomic E-state index is 15.2. The quantitative estimate of drug-likeness (QED) is 0.349. The average molecular weight is 500 g/mol. The summed E-state index contributed by atoms with van der Waals surface area (Å²) in [6.07, 6.45) is 5.82. The topological polar surface area (TPSA) is 96.4 Å². The molecule has 5 heterocycles. The number of aromatic nitrogens is 4. The number of nitrogens with one attached hydrogen (secondary N) is 1. The highest BCUT2D eigenvalue weighted by atomic mass is 19.1. The number of rotatable bonds is 7. The second kappa shape index (κ2) is 10.2. The fourth-order valence-corrected chi connectivity index (χ4v) is 4.73. The molecule has 9 heteroatoms. The van der Waals surface area contributed by atoms with Crippen molar-refractivity contribution in [2.75, 3.05) is 39.5 Å². The molecule has 1 atom stereocenters. The third-order valence-corrected chi connectivity index (χ3v) is 6.57. The van der Waals surface area contributed by atoms with E-state index in [1.807, 2.05) is 30.3 Å². The van der Waals surface area contributed by atoms with E-state index in [9.17, 15) is 5.11 Å². The molecule has 6 rings (SSSR count). The summed E-state index contributed by atoms with van der Waals surface area (Å²) in [5.74, 6) is 0.195. The van der Waals surface area contributed by atoms with E-state index < -0.39 is 11.9 Å². The van der Waals surface area contributed by atoms with Crippen molar-refractivity contribution < 1.29 is 19.0 Å². The number of halogens is 1. The molecule has 188 valence electrons. The first-order chi connectivity index (χ1) is 18.2. The Morgan fingerprint density at radius 2 is 1.89 bits per heavy atom. The van der Waals surface area contributed by atoms with Gasteiger partial charge in [0.25, 0.3) is 0 Å². The molecule has 0 saturated carbocycles. The maximum Gasteiger partial charge on any atom is 0.150 e. The van der Waals surface area contributed by atoms with Gasteiger partial charge in [0, 0.05) is 53.9 Å². The molecule has 1 aliphatic rings. The van der Waals surface area contributed by atoms with Gasteiger partial charge < -0.3 is 19.6 Å². The van der Waals surface area contributed by atoms with Crippen LogP contribution in [0.1, 0.15) is 0 Å². The molecular formula is C28H26FN5O3. The molecule has 0 radical (unpaired) electrons. The second-order valence-electron chi connectivity index (χ2n) is 9.09. The van der Waals surface area contributed by atoms with Gasteiger partial charge in [-0.15, -0.1) is 0 Å². The fraction of sp³-hybridized carbons (Fsp3) is 0.250. The van der Waals surface area contributed by atoms with Crippen molar-refractivity contribution in [3.8, 4) is 28.1 Å². The van der Waals surface area contributed by atoms with Crippen LogP contribution in [0.2, 0.25) is 0 Å². The number of morpholine rings is 1. The lowest BCUT2D eigenvalue weighted by atomic mass is 10.0. The van der Waals surface area contributed by atoms with Gasteiger partial charge in [0.2, 0.25) is 0 Å². The Balaban J connectivity index is 1.27. The molecule has 8 nitrogen and oxygen atoms in total. The summed E-state index contributed by atoms with van der Waals surface area (Å²) in [5, 5.41) is 11.9. The zero-order valence-corrected chi connectivity index (χ0v) is 20.1. The molecule has 1 unspecified atom stereocenters. The number of hydrogen-bond donors (Lipinski definition) is 2. The number of H-pyrrole nitrogens is 1. The lowest BCUT2D eigenvalue weighted by molar-refractivity contribution is 0.00466. The number of fused-ring (bicyclic) bond motifs is 3. The van der Waals surface area contributed by atoms with Gasteiger partial charge >= 0.3 is 0 Å². The number of nitrogens with zero attached hydrogens (tertiary/aromatic N) is 4. The summed E-state index contributed by atoms with van der Waals surface area (Å²) in [7, 11) is 0. The molecule has 0 spiro atoms. The van der Waals surface area contributed by atoms with E-state index in [2.05, 4.69) is 24.8 Å². The van der Waals surface area contributed by atoms with Crippen LogP contribution >= 0.6 is 0 Å². The highest BCUT2D eigenvalue weighted by Gasteiger charge is 2.18. The Morgan fingerprint density at radius 1 is 1.05 bits per heavy atom. The molecule has 5 aromatic rings. The van der Waals surface area contributed by atoms with Crippen LogP contribution in [0.25, 0.3) is 44.3 Å². The van der Waals surface area contributed by atoms with Gasteiger partial charge in [0.05, 0.1) is 36.8 Å². The Morgan fingerprint density at radius 3 is 2.68 bits per heavy atom. The van der Waals surface area contributed by atoms with Crippen molar-refractivity contribution in [2.45, 2.75) is 6.10 Å². The van der Waals surface area contributed by atoms with Crippen molar-refractivity contribution in [3.05, 3.63) is 73.1 Å². The van der Waals surface area contributed by atoms with Crippen molar-refractivity contribution in [1.82, 2.24) is 24.8 Å². The standard InChI is InChI=1S/C28H26FN5O3/c29-23-14-32-28-27(22-12-24(31-15-25(22)33-28)19-2-1-7-30-13-19)26(23)18-3-5-21(6-4-18)37-17-20(35)16-34-8-10-36-11-9-34/h1-7,12-15,20,35H,8-11,16-17H2,(H,32,33). The number of aliphatic hydroxyl groups is 1. The molecule has 4 aromatic heterocycles. The van der Waals surface area contributed by atoms with E-state index in [1.54, 1.807) is 30.7 Å². The van der Waals surface area contributed by atoms with Gasteiger partial charge in [0.15, 0.2) is 0 Å². The minimum Gasteiger partial charge on any atom is -0.491 e. The molecular weight excluding hydrogens is 473 g/mol. The van der Waals surface area contributed by atoms with Gasteiger partial charge in [-0.05, 0) is 35.9 Å². The Labute approximate surface area is 212 Å². The highest BCUT2D eigenvalue weighted by molar-refractivity contribution is 6.13. The highest BCUT2D eigenvalue weighted by Crippen LogP contribution is 2.37. The van der Waals surface area contributed by atoms with Gasteiger partial charge in [-0.2, -0.15) is 0 Å². The van der Waals surface area contributed by atoms with E-state index in [4.69, 9.17) is 9.47 Å². The van der Waals surface area contributed by atoms with Crippen molar-refractivity contribution >= 4 is 21.9 Å². The van der Waals surface area contributed by atoms with Crippen LogP contribution in [0.4, 0.5) is 4.39 Å². The third kappa shape index (κ3) is 4.89. The van der Waals surface area contributed by atoms with Gasteiger partial charge in [0.1, 0.15) is 29.9 Å². The van der Waals surface area contributed by atoms with Crippen LogP contribution < -0.4 is 4.74 Å². The summed E-state index contributed by atoms with van der Waals surface area (Å²) >= 11 is 0. The van der Waals surface area contributed by atoms with Crippen LogP contribution in [-0.2, 0) is 4.74 Å². The monoisotopic (exact) mass is 499 g/mol. The predicted molar refractivity (Wildman–Crippen MR) is 139 cm³/mol. The Kier molecular flexibility index (Phi) is 6.48. The largest absolute Gasteiger partial charge is 0.491 e. The van der Waals surface area contributed by atoms with Crippen LogP contribution in [0.3, 0.4) is 0 Å². The molecule has 1 fully saturated rings. The first-order valence-corrected chi connectivity index (χ1v) is 12.2. The SMILES string of the molecule is OC(COc1ccc(-c2c(F)cnc3[nH]c4cnc(-c5cccnc5)cc4c23)cc1)CN1CCOCC1. The van der Waals surface area contributed by atoms with Crippen molar-refractivity contribution in [3.63, 3.8) is 0 Å². The van der Waals surface area contributed by atoms with E-state index in [0.717, 1.165) is 35.2 Å². The minimum atomic E-state index is -0.608. The van der Waals surface area contributed by atoms with Gasteiger partial charge in [-0.3, -0.25) is 14.9 Å². The second-order valence-corrected chi connectivity index (χ2v) is 9.09. The van der Waals surface area contributed by atoms with Crippen LogP contribution in [0.15, 0.2) is 67.3 Å². The molecule has 37 heavy (non-hydrogen) atoms. The van der Waals surface area contributed by atoms with E-state index in [0.29, 0.717) is 47.7 Å². The molecule has 1 saturated heterocycles. The number of aromatic amines is 1. The summed E-state index contributed by atoms with van der Waals surface area (Å²) in [5.41, 5.74) is 4.14. The molecule has 1 aromatic carbocycles. The van der Waals surface area contributed by atoms with E-state index in [-0.39, 0.29) is 6.61 Å². The molecule has 2 N–H and O–H groups in total. The Hall–Kier alpha value is -3.92. The zero-order chi connectivity index (χ0) is 25.2. The van der Waals surface area contributed by atoms with Crippen LogP contribution in [0.5, 0.6) is 5.75 Å². The van der Waals surface area contributed by atoms with Gasteiger partial charge in [-0.1, -0.05) is 12.1 Å². The predicted octanol–water partition coefficient (Wildman–Crippen LogP) is 4.05. The third-order valence-electron chi connectivity index (χ3n) is 6.57. The molecule has 0 amide bonds. The number of hydrogen-bond acceptors (Lipinski definition) is 7. The van der Waals surface area contributed by atoms with Crippen molar-refractivity contribution in [2.24, 2.45) is 0 Å². The summed E-state index contributed by atoms with van der Waals surface area (Å²) in [6.45, 7) is 3.71.